The van der Waals surface area contributed by atoms with E-state index in [4.69, 9.17) is 0 Å². The topological polar surface area (TPSA) is 52.7 Å². The Hall–Kier alpha value is -2.82. The van der Waals surface area contributed by atoms with Crippen LogP contribution < -0.4 is 10.2 Å². The third kappa shape index (κ3) is 4.97. The summed E-state index contributed by atoms with van der Waals surface area (Å²) >= 11 is 0. The molecule has 1 heterocycles. The maximum atomic E-state index is 12.5. The lowest BCUT2D eigenvalue weighted by Crippen LogP contribution is -2.39. The van der Waals surface area contributed by atoms with Gasteiger partial charge in [-0.1, -0.05) is 18.2 Å². The van der Waals surface area contributed by atoms with Gasteiger partial charge in [0.15, 0.2) is 0 Å². The molecule has 154 valence electrons. The van der Waals surface area contributed by atoms with E-state index in [1.54, 1.807) is 29.2 Å². The van der Waals surface area contributed by atoms with E-state index in [1.807, 2.05) is 13.8 Å². The highest BCUT2D eigenvalue weighted by Gasteiger charge is 2.23. The number of hydrogen-bond donors (Lipinski definition) is 1. The summed E-state index contributed by atoms with van der Waals surface area (Å²) in [5.74, 6) is 0.00806. The molecule has 1 atom stereocenters. The maximum Gasteiger partial charge on any atom is 0.253 e. The fraction of sp³-hybridized carbons (Fsp3) is 0.417. The van der Waals surface area contributed by atoms with E-state index in [9.17, 15) is 9.59 Å². The molecule has 0 spiro atoms. The number of hydrogen-bond acceptors (Lipinski definition) is 3. The molecule has 1 aliphatic rings. The lowest BCUT2D eigenvalue weighted by atomic mass is 9.96. The summed E-state index contributed by atoms with van der Waals surface area (Å²) in [4.78, 5) is 29.0. The highest BCUT2D eigenvalue weighted by molar-refractivity contribution is 5.95. The lowest BCUT2D eigenvalue weighted by Gasteiger charge is -2.37. The third-order valence-corrected chi connectivity index (χ3v) is 5.71. The summed E-state index contributed by atoms with van der Waals surface area (Å²) in [5.41, 5.74) is 3.97. The first-order chi connectivity index (χ1) is 14.0. The number of fused-ring (bicyclic) bond motifs is 1. The first-order valence-electron chi connectivity index (χ1n) is 10.6. The van der Waals surface area contributed by atoms with Crippen LogP contribution >= 0.6 is 0 Å². The molecule has 5 heteroatoms. The Bertz CT molecular complexity index is 843. The Morgan fingerprint density at radius 1 is 1.07 bits per heavy atom. The van der Waals surface area contributed by atoms with Crippen molar-refractivity contribution in [2.45, 2.75) is 46.1 Å². The van der Waals surface area contributed by atoms with E-state index >= 15 is 0 Å². The fourth-order valence-corrected chi connectivity index (χ4v) is 3.94. The molecular formula is C24H31N3O2. The van der Waals surface area contributed by atoms with Crippen LogP contribution in [0.1, 0.15) is 49.5 Å². The number of rotatable bonds is 7. The fourth-order valence-electron chi connectivity index (χ4n) is 3.94. The minimum atomic E-state index is -0.0110. The van der Waals surface area contributed by atoms with Crippen molar-refractivity contribution in [2.24, 2.45) is 0 Å². The van der Waals surface area contributed by atoms with Crippen molar-refractivity contribution in [2.75, 3.05) is 29.9 Å². The molecule has 1 aliphatic heterocycles. The number of aryl methyl sites for hydroxylation is 1. The monoisotopic (exact) mass is 393 g/mol. The van der Waals surface area contributed by atoms with E-state index in [0.29, 0.717) is 37.7 Å². The normalized spacial score (nSPS) is 15.6. The van der Waals surface area contributed by atoms with Gasteiger partial charge in [0.05, 0.1) is 0 Å². The van der Waals surface area contributed by atoms with Crippen molar-refractivity contribution < 1.29 is 9.59 Å². The molecule has 2 aromatic carbocycles. The highest BCUT2D eigenvalue weighted by atomic mass is 16.2. The van der Waals surface area contributed by atoms with Gasteiger partial charge in [-0.15, -0.1) is 0 Å². The number of anilines is 2. The average molecular weight is 394 g/mol. The summed E-state index contributed by atoms with van der Waals surface area (Å²) in [7, 11) is 0. The van der Waals surface area contributed by atoms with Gasteiger partial charge in [-0.2, -0.15) is 0 Å². The van der Waals surface area contributed by atoms with Gasteiger partial charge in [-0.05, 0) is 69.5 Å². The van der Waals surface area contributed by atoms with Gasteiger partial charge in [0.25, 0.3) is 5.91 Å². The number of nitrogens with one attached hydrogen (secondary N) is 1. The molecule has 29 heavy (non-hydrogen) atoms. The number of carbonyl (C=O) groups excluding carboxylic acids is 2. The zero-order valence-corrected chi connectivity index (χ0v) is 17.6. The molecule has 0 unspecified atom stereocenters. The Kier molecular flexibility index (Phi) is 6.91. The highest BCUT2D eigenvalue weighted by Crippen LogP contribution is 2.30. The number of amides is 2. The van der Waals surface area contributed by atoms with Gasteiger partial charge < -0.3 is 15.1 Å². The Balaban J connectivity index is 1.57. The molecule has 0 bridgehead atoms. The number of benzene rings is 2. The Morgan fingerprint density at radius 2 is 1.76 bits per heavy atom. The lowest BCUT2D eigenvalue weighted by molar-refractivity contribution is -0.116. The SMILES string of the molecule is CCN(CC)C(=O)c1ccc(NC(=O)CCN2c3ccccc3CC[C@@H]2C)cc1. The van der Waals surface area contributed by atoms with E-state index in [1.165, 1.54) is 11.3 Å². The molecule has 3 rings (SSSR count). The van der Waals surface area contributed by atoms with Crippen LogP contribution in [0.15, 0.2) is 48.5 Å². The van der Waals surface area contributed by atoms with Gasteiger partial charge in [0, 0.05) is 49.0 Å². The molecule has 0 saturated carbocycles. The standard InChI is InChI=1S/C24H31N3O2/c1-4-26(5-2)24(29)20-12-14-21(15-13-20)25-23(28)16-17-27-18(3)10-11-19-8-6-7-9-22(19)27/h6-9,12-15,18H,4-5,10-11,16-17H2,1-3H3,(H,25,28)/t18-/m0/s1. The molecule has 0 aromatic heterocycles. The van der Waals surface area contributed by atoms with Crippen LogP contribution in [0.5, 0.6) is 0 Å². The zero-order chi connectivity index (χ0) is 20.8. The Labute approximate surface area is 173 Å². The zero-order valence-electron chi connectivity index (χ0n) is 17.6. The minimum absolute atomic E-state index is 0.0110. The maximum absolute atomic E-state index is 12.5. The summed E-state index contributed by atoms with van der Waals surface area (Å²) in [6, 6.07) is 16.0. The van der Waals surface area contributed by atoms with E-state index in [2.05, 4.69) is 41.4 Å². The van der Waals surface area contributed by atoms with Gasteiger partial charge in [0.2, 0.25) is 5.91 Å². The Morgan fingerprint density at radius 3 is 2.45 bits per heavy atom. The molecule has 0 saturated heterocycles. The third-order valence-electron chi connectivity index (χ3n) is 5.71. The van der Waals surface area contributed by atoms with Crippen molar-refractivity contribution in [3.63, 3.8) is 0 Å². The van der Waals surface area contributed by atoms with Crippen LogP contribution in [-0.4, -0.2) is 42.4 Å². The van der Waals surface area contributed by atoms with Crippen LogP contribution in [0.4, 0.5) is 11.4 Å². The molecule has 2 amide bonds. The van der Waals surface area contributed by atoms with Crippen molar-refractivity contribution in [1.29, 1.82) is 0 Å². The first kappa shape index (κ1) is 20.9. The van der Waals surface area contributed by atoms with Crippen molar-refractivity contribution >= 4 is 23.2 Å². The van der Waals surface area contributed by atoms with Gasteiger partial charge >= 0.3 is 0 Å². The summed E-state index contributed by atoms with van der Waals surface area (Å²) in [5, 5.41) is 2.95. The molecule has 0 radical (unpaired) electrons. The molecule has 2 aromatic rings. The molecule has 1 N–H and O–H groups in total. The predicted octanol–water partition coefficient (Wildman–Crippen LogP) is 4.34. The number of nitrogens with zero attached hydrogens (tertiary/aromatic N) is 2. The first-order valence-corrected chi connectivity index (χ1v) is 10.6. The predicted molar refractivity (Wildman–Crippen MR) is 119 cm³/mol. The van der Waals surface area contributed by atoms with Crippen LogP contribution in [0.3, 0.4) is 0 Å². The molecular weight excluding hydrogens is 362 g/mol. The van der Waals surface area contributed by atoms with Gasteiger partial charge in [0.1, 0.15) is 0 Å². The van der Waals surface area contributed by atoms with Crippen molar-refractivity contribution in [1.82, 2.24) is 4.90 Å². The average Bonchev–Trinajstić information content (AvgIpc) is 2.74. The molecule has 0 aliphatic carbocycles. The van der Waals surface area contributed by atoms with E-state index < -0.39 is 0 Å². The summed E-state index contributed by atoms with van der Waals surface area (Å²) < 4.78 is 0. The molecule has 0 fully saturated rings. The van der Waals surface area contributed by atoms with Crippen LogP contribution in [0, 0.1) is 0 Å². The van der Waals surface area contributed by atoms with Crippen molar-refractivity contribution in [3.8, 4) is 0 Å². The smallest absolute Gasteiger partial charge is 0.253 e. The van der Waals surface area contributed by atoms with Gasteiger partial charge in [-0.25, -0.2) is 0 Å². The van der Waals surface area contributed by atoms with Gasteiger partial charge in [-0.3, -0.25) is 9.59 Å². The number of para-hydroxylation sites is 1. The summed E-state index contributed by atoms with van der Waals surface area (Å²) in [6.07, 6.45) is 2.64. The second-order valence-corrected chi connectivity index (χ2v) is 7.56. The summed E-state index contributed by atoms with van der Waals surface area (Å²) in [6.45, 7) is 8.23. The number of carbonyl (C=O) groups is 2. The second-order valence-electron chi connectivity index (χ2n) is 7.56. The van der Waals surface area contributed by atoms with Crippen molar-refractivity contribution in [3.05, 3.63) is 59.7 Å². The van der Waals surface area contributed by atoms with Crippen LogP contribution in [0.2, 0.25) is 0 Å². The second kappa shape index (κ2) is 9.59. The van der Waals surface area contributed by atoms with Crippen LogP contribution in [-0.2, 0) is 11.2 Å². The quantitative estimate of drug-likeness (QED) is 0.761. The van der Waals surface area contributed by atoms with Crippen LogP contribution in [0.25, 0.3) is 0 Å². The molecule has 5 nitrogen and oxygen atoms in total. The van der Waals surface area contributed by atoms with E-state index in [0.717, 1.165) is 18.5 Å². The van der Waals surface area contributed by atoms with E-state index in [-0.39, 0.29) is 11.8 Å². The largest absolute Gasteiger partial charge is 0.368 e. The minimum Gasteiger partial charge on any atom is -0.368 e.